The predicted octanol–water partition coefficient (Wildman–Crippen LogP) is 3.05. The first-order chi connectivity index (χ1) is 15.0. The number of carbonyl (C=O) groups is 2. The van der Waals surface area contributed by atoms with Crippen molar-refractivity contribution in [1.82, 2.24) is 10.6 Å². The summed E-state index contributed by atoms with van der Waals surface area (Å²) in [5, 5.41) is 9.15. The van der Waals surface area contributed by atoms with E-state index in [-0.39, 0.29) is 24.1 Å². The molecule has 0 bridgehead atoms. The molecule has 2 aromatic carbocycles. The maximum Gasteiger partial charge on any atom is 0.248 e. The highest BCUT2D eigenvalue weighted by Gasteiger charge is 2.14. The van der Waals surface area contributed by atoms with E-state index in [2.05, 4.69) is 20.9 Å². The number of nitrogens with one attached hydrogen (secondary N) is 3. The molecule has 32 heavy (non-hydrogen) atoms. The minimum atomic E-state index is -0.491. The maximum atomic E-state index is 12.2. The molecule has 2 rings (SSSR count). The van der Waals surface area contributed by atoms with Gasteiger partial charge in [0, 0.05) is 16.8 Å². The third-order valence-corrected chi connectivity index (χ3v) is 4.05. The number of hydrogen-bond donors (Lipinski definition) is 4. The molecule has 0 aliphatic rings. The molecule has 2 amide bonds. The SMILES string of the molecule is CC(C)Oc1ccc(NC(=NCc2cccc(C(N)=O)c2)NCC(=O)NC(C)(C)C)cc1. The van der Waals surface area contributed by atoms with Gasteiger partial charge in [-0.25, -0.2) is 4.99 Å². The number of amides is 2. The van der Waals surface area contributed by atoms with E-state index in [4.69, 9.17) is 10.5 Å². The van der Waals surface area contributed by atoms with Crippen molar-refractivity contribution in [1.29, 1.82) is 0 Å². The molecule has 0 saturated heterocycles. The molecule has 0 spiro atoms. The van der Waals surface area contributed by atoms with Gasteiger partial charge in [-0.2, -0.15) is 0 Å². The molecule has 0 aliphatic heterocycles. The molecule has 0 fully saturated rings. The van der Waals surface area contributed by atoms with Gasteiger partial charge in [0.1, 0.15) is 5.75 Å². The predicted molar refractivity (Wildman–Crippen MR) is 128 cm³/mol. The van der Waals surface area contributed by atoms with Crippen LogP contribution in [0.5, 0.6) is 5.75 Å². The Balaban J connectivity index is 2.14. The Morgan fingerprint density at radius 2 is 1.78 bits per heavy atom. The summed E-state index contributed by atoms with van der Waals surface area (Å²) in [6, 6.07) is 14.5. The normalized spacial score (nSPS) is 11.8. The lowest BCUT2D eigenvalue weighted by Crippen LogP contribution is -2.46. The Labute approximate surface area is 189 Å². The van der Waals surface area contributed by atoms with Crippen LogP contribution < -0.4 is 26.4 Å². The Morgan fingerprint density at radius 1 is 1.09 bits per heavy atom. The van der Waals surface area contributed by atoms with Crippen molar-refractivity contribution in [3.05, 3.63) is 59.7 Å². The lowest BCUT2D eigenvalue weighted by Gasteiger charge is -2.21. The summed E-state index contributed by atoms with van der Waals surface area (Å²) in [5.74, 6) is 0.555. The van der Waals surface area contributed by atoms with Crippen LogP contribution in [0.1, 0.15) is 50.5 Å². The summed E-state index contributed by atoms with van der Waals surface area (Å²) >= 11 is 0. The van der Waals surface area contributed by atoms with Crippen LogP contribution in [0.3, 0.4) is 0 Å². The van der Waals surface area contributed by atoms with Gasteiger partial charge in [-0.1, -0.05) is 12.1 Å². The van der Waals surface area contributed by atoms with E-state index in [1.807, 2.05) is 65.0 Å². The van der Waals surface area contributed by atoms with Crippen LogP contribution in [0.4, 0.5) is 5.69 Å². The minimum Gasteiger partial charge on any atom is -0.491 e. The quantitative estimate of drug-likeness (QED) is 0.372. The summed E-state index contributed by atoms with van der Waals surface area (Å²) < 4.78 is 5.67. The van der Waals surface area contributed by atoms with Crippen molar-refractivity contribution in [2.75, 3.05) is 11.9 Å². The molecule has 0 aliphatic carbocycles. The van der Waals surface area contributed by atoms with Crippen molar-refractivity contribution >= 4 is 23.5 Å². The number of nitrogens with two attached hydrogens (primary N) is 1. The van der Waals surface area contributed by atoms with Gasteiger partial charge in [-0.15, -0.1) is 0 Å². The molecule has 0 saturated carbocycles. The van der Waals surface area contributed by atoms with Gasteiger partial charge in [0.05, 0.1) is 19.2 Å². The fourth-order valence-electron chi connectivity index (χ4n) is 2.79. The molecule has 5 N–H and O–H groups in total. The van der Waals surface area contributed by atoms with E-state index < -0.39 is 5.91 Å². The molecule has 0 radical (unpaired) electrons. The fourth-order valence-corrected chi connectivity index (χ4v) is 2.79. The molecule has 0 aromatic heterocycles. The average molecular weight is 440 g/mol. The number of primary amides is 1. The monoisotopic (exact) mass is 439 g/mol. The number of hydrogen-bond acceptors (Lipinski definition) is 4. The lowest BCUT2D eigenvalue weighted by molar-refractivity contribution is -0.121. The summed E-state index contributed by atoms with van der Waals surface area (Å²) in [7, 11) is 0. The zero-order chi connectivity index (χ0) is 23.7. The summed E-state index contributed by atoms with van der Waals surface area (Å²) in [4.78, 5) is 28.2. The number of guanidine groups is 1. The van der Waals surface area contributed by atoms with Gasteiger partial charge in [0.2, 0.25) is 11.8 Å². The number of ether oxygens (including phenoxy) is 1. The Bertz CT molecular complexity index is 947. The third-order valence-electron chi connectivity index (χ3n) is 4.05. The van der Waals surface area contributed by atoms with Crippen molar-refractivity contribution in [2.45, 2.75) is 52.8 Å². The number of nitrogens with zero attached hydrogens (tertiary/aromatic N) is 1. The molecule has 2 aromatic rings. The van der Waals surface area contributed by atoms with Crippen LogP contribution in [0, 0.1) is 0 Å². The van der Waals surface area contributed by atoms with Crippen LogP contribution in [0.2, 0.25) is 0 Å². The van der Waals surface area contributed by atoms with Gasteiger partial charge in [0.15, 0.2) is 5.96 Å². The molecule has 0 unspecified atom stereocenters. The minimum absolute atomic E-state index is 0.0545. The third kappa shape index (κ3) is 9.07. The topological polar surface area (TPSA) is 118 Å². The van der Waals surface area contributed by atoms with E-state index in [1.165, 1.54) is 0 Å². The highest BCUT2D eigenvalue weighted by Crippen LogP contribution is 2.17. The number of carbonyl (C=O) groups excluding carboxylic acids is 2. The standard InChI is InChI=1S/C24H33N5O3/c1-16(2)32-20-11-9-19(10-12-20)28-23(27-15-21(30)29-24(3,4)5)26-14-17-7-6-8-18(13-17)22(25)31/h6-13,16H,14-15H2,1-5H3,(H2,25,31)(H,29,30)(H2,26,27,28). The molecule has 8 heteroatoms. The highest BCUT2D eigenvalue weighted by atomic mass is 16.5. The first-order valence-corrected chi connectivity index (χ1v) is 10.5. The molecular formula is C24H33N5O3. The van der Waals surface area contributed by atoms with Gasteiger partial charge in [-0.3, -0.25) is 9.59 Å². The van der Waals surface area contributed by atoms with Gasteiger partial charge in [0.25, 0.3) is 0 Å². The van der Waals surface area contributed by atoms with Crippen LogP contribution in [0.15, 0.2) is 53.5 Å². The van der Waals surface area contributed by atoms with Crippen molar-refractivity contribution in [3.63, 3.8) is 0 Å². The smallest absolute Gasteiger partial charge is 0.248 e. The van der Waals surface area contributed by atoms with Crippen LogP contribution in [-0.2, 0) is 11.3 Å². The first kappa shape index (κ1) is 24.7. The van der Waals surface area contributed by atoms with Gasteiger partial charge in [-0.05, 0) is 76.6 Å². The van der Waals surface area contributed by atoms with Crippen molar-refractivity contribution in [2.24, 2.45) is 10.7 Å². The second-order valence-corrected chi connectivity index (χ2v) is 8.70. The zero-order valence-corrected chi connectivity index (χ0v) is 19.4. The second kappa shape index (κ2) is 11.2. The van der Waals surface area contributed by atoms with E-state index in [1.54, 1.807) is 18.2 Å². The highest BCUT2D eigenvalue weighted by molar-refractivity contribution is 5.96. The maximum absolute atomic E-state index is 12.2. The van der Waals surface area contributed by atoms with Gasteiger partial charge < -0.3 is 26.4 Å². The molecule has 0 atom stereocenters. The van der Waals surface area contributed by atoms with E-state index in [0.717, 1.165) is 17.0 Å². The van der Waals surface area contributed by atoms with Crippen LogP contribution in [0.25, 0.3) is 0 Å². The van der Waals surface area contributed by atoms with E-state index in [9.17, 15) is 9.59 Å². The largest absolute Gasteiger partial charge is 0.491 e. The zero-order valence-electron chi connectivity index (χ0n) is 19.4. The summed E-state index contributed by atoms with van der Waals surface area (Å²) in [5.41, 5.74) is 7.06. The number of rotatable bonds is 8. The van der Waals surface area contributed by atoms with Crippen molar-refractivity contribution in [3.8, 4) is 5.75 Å². The Hall–Kier alpha value is -3.55. The van der Waals surface area contributed by atoms with E-state index >= 15 is 0 Å². The molecule has 8 nitrogen and oxygen atoms in total. The molecular weight excluding hydrogens is 406 g/mol. The molecule has 0 heterocycles. The Kier molecular flexibility index (Phi) is 8.63. The second-order valence-electron chi connectivity index (χ2n) is 8.70. The van der Waals surface area contributed by atoms with Gasteiger partial charge >= 0.3 is 0 Å². The Morgan fingerprint density at radius 3 is 2.38 bits per heavy atom. The fraction of sp³-hybridized carbons (Fsp3) is 0.375. The average Bonchev–Trinajstić information content (AvgIpc) is 2.70. The first-order valence-electron chi connectivity index (χ1n) is 10.5. The van der Waals surface area contributed by atoms with E-state index in [0.29, 0.717) is 18.1 Å². The van der Waals surface area contributed by atoms with Crippen molar-refractivity contribution < 1.29 is 14.3 Å². The van der Waals surface area contributed by atoms with Crippen LogP contribution >= 0.6 is 0 Å². The summed E-state index contributed by atoms with van der Waals surface area (Å²) in [6.45, 7) is 10.1. The molecule has 172 valence electrons. The van der Waals surface area contributed by atoms with Crippen LogP contribution in [-0.4, -0.2) is 36.0 Å². The summed E-state index contributed by atoms with van der Waals surface area (Å²) in [6.07, 6.45) is 0.0880. The number of benzene rings is 2. The lowest BCUT2D eigenvalue weighted by atomic mass is 10.1. The number of anilines is 1. The number of aliphatic imine (C=N–C) groups is 1.